The van der Waals surface area contributed by atoms with Crippen molar-refractivity contribution < 1.29 is 4.74 Å². The van der Waals surface area contributed by atoms with E-state index >= 15 is 0 Å². The molecule has 0 spiro atoms. The summed E-state index contributed by atoms with van der Waals surface area (Å²) in [5.41, 5.74) is 8.12. The van der Waals surface area contributed by atoms with Gasteiger partial charge in [-0.3, -0.25) is 0 Å². The zero-order chi connectivity index (χ0) is 14.4. The Hall–Kier alpha value is -1.75. The molecule has 0 amide bonds. The summed E-state index contributed by atoms with van der Waals surface area (Å²) in [5.74, 6) is 2.37. The zero-order valence-corrected chi connectivity index (χ0v) is 12.6. The Balaban J connectivity index is 1.74. The molecule has 2 N–H and O–H groups in total. The standard InChI is InChI=1S/C15H19N3OS/c1-11-4-5-12(2)13(10-11)19-8-3-9-20-15-14(16)17-6-7-18-15/h4-7,10H,3,8-9H2,1-2H3,(H2,16,17). The molecular formula is C15H19N3OS. The molecule has 1 heterocycles. The van der Waals surface area contributed by atoms with Gasteiger partial charge in [-0.2, -0.15) is 0 Å². The minimum atomic E-state index is 0.493. The fourth-order valence-corrected chi connectivity index (χ4v) is 2.51. The molecule has 2 aromatic rings. The summed E-state index contributed by atoms with van der Waals surface area (Å²) in [7, 11) is 0. The summed E-state index contributed by atoms with van der Waals surface area (Å²) in [6.45, 7) is 4.82. The average Bonchev–Trinajstić information content (AvgIpc) is 2.44. The van der Waals surface area contributed by atoms with Crippen LogP contribution >= 0.6 is 11.8 Å². The molecule has 0 aliphatic rings. The number of rotatable bonds is 6. The van der Waals surface area contributed by atoms with Crippen molar-refractivity contribution in [1.82, 2.24) is 9.97 Å². The largest absolute Gasteiger partial charge is 0.493 e. The number of benzene rings is 1. The molecule has 0 fully saturated rings. The molecule has 0 saturated carbocycles. The van der Waals surface area contributed by atoms with E-state index in [1.807, 2.05) is 0 Å². The highest BCUT2D eigenvalue weighted by Crippen LogP contribution is 2.22. The Bertz CT molecular complexity index is 575. The second-order valence-electron chi connectivity index (χ2n) is 4.57. The van der Waals surface area contributed by atoms with E-state index in [1.54, 1.807) is 24.2 Å². The third kappa shape index (κ3) is 4.13. The lowest BCUT2D eigenvalue weighted by Gasteiger charge is -2.09. The number of ether oxygens (including phenoxy) is 1. The molecule has 0 atom stereocenters. The molecule has 4 nitrogen and oxygen atoms in total. The minimum absolute atomic E-state index is 0.493. The van der Waals surface area contributed by atoms with Gasteiger partial charge in [-0.05, 0) is 37.5 Å². The third-order valence-corrected chi connectivity index (χ3v) is 3.90. The molecule has 0 bridgehead atoms. The molecule has 20 heavy (non-hydrogen) atoms. The van der Waals surface area contributed by atoms with Crippen LogP contribution in [0, 0.1) is 13.8 Å². The average molecular weight is 289 g/mol. The molecule has 5 heteroatoms. The van der Waals surface area contributed by atoms with E-state index in [0.717, 1.165) is 22.9 Å². The Morgan fingerprint density at radius 3 is 2.80 bits per heavy atom. The van der Waals surface area contributed by atoms with Gasteiger partial charge in [0.05, 0.1) is 6.61 Å². The maximum atomic E-state index is 5.81. The molecule has 1 aromatic heterocycles. The number of hydrogen-bond acceptors (Lipinski definition) is 5. The Morgan fingerprint density at radius 2 is 2.00 bits per heavy atom. The molecule has 1 aromatic carbocycles. The molecule has 2 rings (SSSR count). The zero-order valence-electron chi connectivity index (χ0n) is 11.8. The molecule has 106 valence electrons. The van der Waals surface area contributed by atoms with Crippen LogP contribution in [-0.4, -0.2) is 22.3 Å². The summed E-state index contributed by atoms with van der Waals surface area (Å²) in [6, 6.07) is 6.25. The quantitative estimate of drug-likeness (QED) is 0.653. The SMILES string of the molecule is Cc1ccc(C)c(OCCCSc2nccnc2N)c1. The number of nitrogen functional groups attached to an aromatic ring is 1. The van der Waals surface area contributed by atoms with Crippen LogP contribution in [0.2, 0.25) is 0 Å². The first-order chi connectivity index (χ1) is 9.66. The van der Waals surface area contributed by atoms with Crippen LogP contribution < -0.4 is 10.5 Å². The van der Waals surface area contributed by atoms with Gasteiger partial charge in [0, 0.05) is 18.1 Å². The van der Waals surface area contributed by atoms with Crippen molar-refractivity contribution in [2.24, 2.45) is 0 Å². The first-order valence-corrected chi connectivity index (χ1v) is 7.54. The molecular weight excluding hydrogens is 270 g/mol. The van der Waals surface area contributed by atoms with Crippen LogP contribution in [0.1, 0.15) is 17.5 Å². The highest BCUT2D eigenvalue weighted by atomic mass is 32.2. The number of aryl methyl sites for hydroxylation is 2. The predicted octanol–water partition coefficient (Wildman–Crippen LogP) is 3.24. The van der Waals surface area contributed by atoms with Crippen LogP contribution in [0.3, 0.4) is 0 Å². The number of anilines is 1. The summed E-state index contributed by atoms with van der Waals surface area (Å²) < 4.78 is 5.81. The molecule has 0 unspecified atom stereocenters. The van der Waals surface area contributed by atoms with E-state index in [4.69, 9.17) is 10.5 Å². The first kappa shape index (κ1) is 14.7. The molecule has 0 radical (unpaired) electrons. The lowest BCUT2D eigenvalue weighted by molar-refractivity contribution is 0.316. The number of hydrogen-bond donors (Lipinski definition) is 1. The van der Waals surface area contributed by atoms with Gasteiger partial charge in [0.2, 0.25) is 0 Å². The summed E-state index contributed by atoms with van der Waals surface area (Å²) in [4.78, 5) is 8.20. The maximum absolute atomic E-state index is 5.81. The lowest BCUT2D eigenvalue weighted by atomic mass is 10.1. The van der Waals surface area contributed by atoms with E-state index in [9.17, 15) is 0 Å². The minimum Gasteiger partial charge on any atom is -0.493 e. The van der Waals surface area contributed by atoms with Crippen LogP contribution in [-0.2, 0) is 0 Å². The van der Waals surface area contributed by atoms with Crippen molar-refractivity contribution in [2.45, 2.75) is 25.3 Å². The predicted molar refractivity (Wildman–Crippen MR) is 83.2 cm³/mol. The monoisotopic (exact) mass is 289 g/mol. The van der Waals surface area contributed by atoms with Crippen LogP contribution in [0.15, 0.2) is 35.6 Å². The highest BCUT2D eigenvalue weighted by Gasteiger charge is 2.03. The fraction of sp³-hybridized carbons (Fsp3) is 0.333. The number of nitrogens with zero attached hydrogens (tertiary/aromatic N) is 2. The Morgan fingerprint density at radius 1 is 1.20 bits per heavy atom. The first-order valence-electron chi connectivity index (χ1n) is 6.56. The summed E-state index contributed by atoms with van der Waals surface area (Å²) in [5, 5.41) is 0.791. The van der Waals surface area contributed by atoms with Crippen LogP contribution in [0.4, 0.5) is 5.82 Å². The van der Waals surface area contributed by atoms with E-state index in [0.29, 0.717) is 12.4 Å². The van der Waals surface area contributed by atoms with E-state index < -0.39 is 0 Å². The van der Waals surface area contributed by atoms with Gasteiger partial charge >= 0.3 is 0 Å². The van der Waals surface area contributed by atoms with Crippen molar-refractivity contribution >= 4 is 17.6 Å². The van der Waals surface area contributed by atoms with Gasteiger partial charge in [0.1, 0.15) is 10.8 Å². The molecule has 0 saturated heterocycles. The van der Waals surface area contributed by atoms with Gasteiger partial charge in [0.15, 0.2) is 5.82 Å². The number of aromatic nitrogens is 2. The van der Waals surface area contributed by atoms with E-state index in [-0.39, 0.29) is 0 Å². The highest BCUT2D eigenvalue weighted by molar-refractivity contribution is 7.99. The van der Waals surface area contributed by atoms with Gasteiger partial charge in [-0.1, -0.05) is 12.1 Å². The lowest BCUT2D eigenvalue weighted by Crippen LogP contribution is -2.01. The van der Waals surface area contributed by atoms with Crippen LogP contribution in [0.5, 0.6) is 5.75 Å². The second kappa shape index (κ2) is 7.14. The molecule has 0 aliphatic carbocycles. The van der Waals surface area contributed by atoms with Gasteiger partial charge in [-0.15, -0.1) is 11.8 Å². The second-order valence-corrected chi connectivity index (χ2v) is 5.65. The summed E-state index contributed by atoms with van der Waals surface area (Å²) >= 11 is 1.61. The molecule has 0 aliphatic heterocycles. The number of nitrogens with two attached hydrogens (primary N) is 1. The van der Waals surface area contributed by atoms with Crippen molar-refractivity contribution in [2.75, 3.05) is 18.1 Å². The van der Waals surface area contributed by atoms with Crippen LogP contribution in [0.25, 0.3) is 0 Å². The fourth-order valence-electron chi connectivity index (χ4n) is 1.72. The van der Waals surface area contributed by atoms with Crippen molar-refractivity contribution in [3.8, 4) is 5.75 Å². The summed E-state index contributed by atoms with van der Waals surface area (Å²) in [6.07, 6.45) is 4.20. The normalized spacial score (nSPS) is 10.5. The third-order valence-electron chi connectivity index (χ3n) is 2.82. The van der Waals surface area contributed by atoms with E-state index in [2.05, 4.69) is 42.0 Å². The van der Waals surface area contributed by atoms with Gasteiger partial charge < -0.3 is 10.5 Å². The smallest absolute Gasteiger partial charge is 0.156 e. The Kier molecular flexibility index (Phi) is 5.24. The Labute approximate surface area is 123 Å². The van der Waals surface area contributed by atoms with Crippen molar-refractivity contribution in [3.63, 3.8) is 0 Å². The van der Waals surface area contributed by atoms with Crippen molar-refractivity contribution in [1.29, 1.82) is 0 Å². The van der Waals surface area contributed by atoms with Gasteiger partial charge in [-0.25, -0.2) is 9.97 Å². The van der Waals surface area contributed by atoms with Gasteiger partial charge in [0.25, 0.3) is 0 Å². The maximum Gasteiger partial charge on any atom is 0.156 e. The van der Waals surface area contributed by atoms with Crippen molar-refractivity contribution in [3.05, 3.63) is 41.7 Å². The van der Waals surface area contributed by atoms with E-state index in [1.165, 1.54) is 11.1 Å². The number of thioether (sulfide) groups is 1. The topological polar surface area (TPSA) is 61.0 Å².